The number of hydrogen-bond donors (Lipinski definition) is 4. The van der Waals surface area contributed by atoms with Gasteiger partial charge in [0.15, 0.2) is 0 Å². The topological polar surface area (TPSA) is 175 Å². The number of fused-ring (bicyclic) bond motifs is 1. The highest BCUT2D eigenvalue weighted by atomic mass is 16.5. The van der Waals surface area contributed by atoms with Gasteiger partial charge >= 0.3 is 12.2 Å². The van der Waals surface area contributed by atoms with Crippen molar-refractivity contribution in [1.82, 2.24) is 30.4 Å². The Kier molecular flexibility index (Phi) is 13.3. The van der Waals surface area contributed by atoms with E-state index in [4.69, 9.17) is 14.5 Å². The molecule has 3 fully saturated rings. The summed E-state index contributed by atoms with van der Waals surface area (Å²) in [5.74, 6) is -0.232. The summed E-state index contributed by atoms with van der Waals surface area (Å²) in [6.45, 7) is 8.57. The van der Waals surface area contributed by atoms with Gasteiger partial charge in [-0.05, 0) is 120 Å². The van der Waals surface area contributed by atoms with Crippen molar-refractivity contribution in [2.75, 3.05) is 32.6 Å². The van der Waals surface area contributed by atoms with Crippen molar-refractivity contribution < 1.29 is 33.4 Å². The number of aromatic nitrogens is 2. The van der Waals surface area contributed by atoms with Crippen molar-refractivity contribution in [3.63, 3.8) is 0 Å². The van der Waals surface area contributed by atoms with E-state index < -0.39 is 30.3 Å². The molecule has 4 aliphatic rings. The average Bonchev–Trinajstić information content (AvgIpc) is 4.17. The Labute approximate surface area is 381 Å². The number of carbonyl (C=O) groups is 5. The molecule has 1 saturated carbocycles. The SMILES string of the molecule is COC(=O)N[C@H](C(=O)N1CCC[C@H]1C(=O)Nc1cccc(-c2ccc(-c3ccc(-c4cnc([C@@H]5CCCN5C(=O)[C@@H](NC(=O)OC)C(C)C)[nH]4)cc3)c3c2CC2(CCCC2)C3)c1)C(C)C. The maximum absolute atomic E-state index is 13.8. The molecule has 2 aliphatic carbocycles. The smallest absolute Gasteiger partial charge is 0.407 e. The highest BCUT2D eigenvalue weighted by Gasteiger charge is 2.43. The van der Waals surface area contributed by atoms with Gasteiger partial charge in [0.2, 0.25) is 17.7 Å². The molecule has 2 saturated heterocycles. The van der Waals surface area contributed by atoms with Gasteiger partial charge in [-0.2, -0.15) is 0 Å². The van der Waals surface area contributed by atoms with Crippen molar-refractivity contribution >= 4 is 35.6 Å². The lowest BCUT2D eigenvalue weighted by molar-refractivity contribution is -0.139. The molecule has 0 bridgehead atoms. The minimum atomic E-state index is -0.800. The lowest BCUT2D eigenvalue weighted by Gasteiger charge is -2.30. The first-order valence-electron chi connectivity index (χ1n) is 23.3. The summed E-state index contributed by atoms with van der Waals surface area (Å²) >= 11 is 0. The number of ether oxygens (including phenoxy) is 2. The molecule has 0 radical (unpaired) electrons. The Morgan fingerprint density at radius 1 is 0.708 bits per heavy atom. The molecule has 2 aliphatic heterocycles. The van der Waals surface area contributed by atoms with Crippen LogP contribution in [-0.4, -0.2) is 95.1 Å². The van der Waals surface area contributed by atoms with Crippen molar-refractivity contribution in [3.05, 3.63) is 83.8 Å². The largest absolute Gasteiger partial charge is 0.453 e. The third-order valence-corrected chi connectivity index (χ3v) is 14.2. The first-order chi connectivity index (χ1) is 31.3. The van der Waals surface area contributed by atoms with Crippen LogP contribution in [-0.2, 0) is 36.7 Å². The maximum atomic E-state index is 13.8. The first kappa shape index (κ1) is 45.4. The molecular weight excluding hydrogens is 823 g/mol. The molecule has 3 aromatic carbocycles. The molecule has 14 nitrogen and oxygen atoms in total. The van der Waals surface area contributed by atoms with Crippen LogP contribution in [0.3, 0.4) is 0 Å². The Balaban J connectivity index is 1.01. The van der Waals surface area contributed by atoms with Gasteiger partial charge in [0, 0.05) is 18.8 Å². The van der Waals surface area contributed by atoms with Gasteiger partial charge in [-0.25, -0.2) is 14.6 Å². The standard InChI is InChI=1S/C51H63N7O7/c1-30(2)43(55-49(62)64-5)47(60)57-24-10-14-41(57)45-52-29-40(54-45)33-18-16-32(17-19-33)36-20-21-37(39-28-51(27-38(36)39)22-7-8-23-51)34-12-9-13-35(26-34)53-46(59)42-15-11-25-58(42)48(61)44(31(3)4)56-50(63)65-6/h9,12-13,16-21,26,29-31,41-44H,7-8,10-11,14-15,22-25,27-28H2,1-6H3,(H,52,54)(H,53,59)(H,55,62)(H,56,63)/t41-,42-,43-,44-/m0/s1. The van der Waals surface area contributed by atoms with Crippen LogP contribution in [0.25, 0.3) is 33.5 Å². The van der Waals surface area contributed by atoms with Crippen LogP contribution in [0.5, 0.6) is 0 Å². The first-order valence-corrected chi connectivity index (χ1v) is 23.3. The highest BCUT2D eigenvalue weighted by molar-refractivity contribution is 5.99. The van der Waals surface area contributed by atoms with Crippen molar-refractivity contribution in [2.24, 2.45) is 17.3 Å². The summed E-state index contributed by atoms with van der Waals surface area (Å²) in [5, 5.41) is 8.50. The van der Waals surface area contributed by atoms with Gasteiger partial charge in [0.25, 0.3) is 0 Å². The van der Waals surface area contributed by atoms with Gasteiger partial charge in [-0.3, -0.25) is 14.4 Å². The van der Waals surface area contributed by atoms with E-state index >= 15 is 0 Å². The number of imidazole rings is 1. The number of aromatic amines is 1. The zero-order valence-corrected chi connectivity index (χ0v) is 38.5. The van der Waals surface area contributed by atoms with E-state index in [2.05, 4.69) is 63.4 Å². The molecule has 14 heteroatoms. The predicted molar refractivity (Wildman–Crippen MR) is 249 cm³/mol. The average molecular weight is 886 g/mol. The molecule has 3 heterocycles. The number of nitrogens with one attached hydrogen (secondary N) is 4. The monoisotopic (exact) mass is 885 g/mol. The van der Waals surface area contributed by atoms with Gasteiger partial charge in [-0.15, -0.1) is 0 Å². The Hall–Kier alpha value is -6.18. The molecule has 1 spiro atoms. The lowest BCUT2D eigenvalue weighted by atomic mass is 9.82. The molecule has 4 N–H and O–H groups in total. The van der Waals surface area contributed by atoms with Crippen LogP contribution < -0.4 is 16.0 Å². The van der Waals surface area contributed by atoms with Crippen molar-refractivity contribution in [1.29, 1.82) is 0 Å². The summed E-state index contributed by atoms with van der Waals surface area (Å²) in [4.78, 5) is 77.0. The van der Waals surface area contributed by atoms with E-state index in [0.29, 0.717) is 31.6 Å². The molecular formula is C51H63N7O7. The quantitative estimate of drug-likeness (QED) is 0.110. The second-order valence-corrected chi connectivity index (χ2v) is 19.1. The Bertz CT molecular complexity index is 2420. The number of H-pyrrole nitrogens is 1. The fraction of sp³-hybridized carbons (Fsp3) is 0.490. The minimum Gasteiger partial charge on any atom is -0.453 e. The molecule has 344 valence electrons. The van der Waals surface area contributed by atoms with Gasteiger partial charge in [0.05, 0.1) is 32.2 Å². The Morgan fingerprint density at radius 2 is 1.28 bits per heavy atom. The van der Waals surface area contributed by atoms with Crippen LogP contribution in [0.4, 0.5) is 15.3 Å². The van der Waals surface area contributed by atoms with Crippen LogP contribution >= 0.6 is 0 Å². The van der Waals surface area contributed by atoms with E-state index in [1.807, 2.05) is 57.0 Å². The summed E-state index contributed by atoms with van der Waals surface area (Å²) in [5.41, 5.74) is 10.2. The van der Waals surface area contributed by atoms with Crippen molar-refractivity contribution in [2.45, 2.75) is 116 Å². The molecule has 4 aromatic rings. The lowest BCUT2D eigenvalue weighted by Crippen LogP contribution is -2.54. The molecule has 4 atom stereocenters. The van der Waals surface area contributed by atoms with Crippen LogP contribution in [0.1, 0.15) is 102 Å². The van der Waals surface area contributed by atoms with Crippen molar-refractivity contribution in [3.8, 4) is 33.5 Å². The van der Waals surface area contributed by atoms with Gasteiger partial charge in [0.1, 0.15) is 23.9 Å². The molecule has 0 unspecified atom stereocenters. The van der Waals surface area contributed by atoms with Crippen LogP contribution in [0, 0.1) is 17.3 Å². The van der Waals surface area contributed by atoms with E-state index in [1.165, 1.54) is 62.2 Å². The zero-order valence-electron chi connectivity index (χ0n) is 38.5. The minimum absolute atomic E-state index is 0.112. The van der Waals surface area contributed by atoms with Crippen LogP contribution in [0.15, 0.2) is 66.9 Å². The summed E-state index contributed by atoms with van der Waals surface area (Å²) in [7, 11) is 2.56. The second kappa shape index (κ2) is 19.1. The number of alkyl carbamates (subject to hydrolysis) is 2. The number of carbonyl (C=O) groups excluding carboxylic acids is 5. The summed E-state index contributed by atoms with van der Waals surface area (Å²) in [6, 6.07) is 18.8. The third kappa shape index (κ3) is 9.35. The normalized spacial score (nSPS) is 19.6. The number of anilines is 1. The maximum Gasteiger partial charge on any atom is 0.407 e. The summed E-state index contributed by atoms with van der Waals surface area (Å²) < 4.78 is 9.56. The predicted octanol–water partition coefficient (Wildman–Crippen LogP) is 8.42. The molecule has 5 amide bonds. The van der Waals surface area contributed by atoms with E-state index in [9.17, 15) is 24.0 Å². The van der Waals surface area contributed by atoms with Gasteiger partial charge < -0.3 is 40.2 Å². The molecule has 1 aromatic heterocycles. The third-order valence-electron chi connectivity index (χ3n) is 14.2. The molecule has 65 heavy (non-hydrogen) atoms. The summed E-state index contributed by atoms with van der Waals surface area (Å²) in [6.07, 6.45) is 10.4. The Morgan fingerprint density at radius 3 is 1.89 bits per heavy atom. The number of rotatable bonds is 12. The van der Waals surface area contributed by atoms with Gasteiger partial charge in [-0.1, -0.05) is 89.1 Å². The fourth-order valence-electron chi connectivity index (χ4n) is 10.8. The van der Waals surface area contributed by atoms with E-state index in [-0.39, 0.29) is 41.0 Å². The van der Waals surface area contributed by atoms with E-state index in [0.717, 1.165) is 53.9 Å². The van der Waals surface area contributed by atoms with Crippen LogP contribution in [0.2, 0.25) is 0 Å². The number of hydrogen-bond acceptors (Lipinski definition) is 8. The number of methoxy groups -OCH3 is 2. The van der Waals surface area contributed by atoms with E-state index in [1.54, 1.807) is 4.90 Å². The number of likely N-dealkylation sites (tertiary alicyclic amines) is 2. The zero-order chi connectivity index (χ0) is 46.0. The number of benzene rings is 3. The highest BCUT2D eigenvalue weighted by Crippen LogP contribution is 2.53. The number of nitrogens with zero attached hydrogens (tertiary/aromatic N) is 3. The fourth-order valence-corrected chi connectivity index (χ4v) is 10.8. The second-order valence-electron chi connectivity index (χ2n) is 19.1. The number of amides is 5. The molecule has 8 rings (SSSR count).